The Balaban J connectivity index is 1.43. The molecule has 3 nitrogen and oxygen atoms in total. The van der Waals surface area contributed by atoms with Crippen LogP contribution in [0.4, 0.5) is 5.69 Å². The Labute approximate surface area is 166 Å². The Morgan fingerprint density at radius 3 is 2.26 bits per heavy atom. The molecule has 4 rings (SSSR count). The number of para-hydroxylation sites is 1. The fraction of sp³-hybridized carbons (Fsp3) is 0.261. The van der Waals surface area contributed by atoms with Crippen LogP contribution in [-0.4, -0.2) is 36.1 Å². The lowest BCUT2D eigenvalue weighted by Crippen LogP contribution is -2.48. The second-order valence-electron chi connectivity index (χ2n) is 7.10. The monoisotopic (exact) mass is 376 g/mol. The van der Waals surface area contributed by atoms with E-state index < -0.39 is 0 Å². The first-order valence-electron chi connectivity index (χ1n) is 9.38. The molecule has 0 radical (unpaired) electrons. The van der Waals surface area contributed by atoms with Crippen LogP contribution in [0.5, 0.6) is 0 Å². The van der Waals surface area contributed by atoms with Crippen molar-refractivity contribution in [2.24, 2.45) is 0 Å². The van der Waals surface area contributed by atoms with Gasteiger partial charge in [0.15, 0.2) is 5.76 Å². The summed E-state index contributed by atoms with van der Waals surface area (Å²) >= 11 is 5.72. The lowest BCUT2D eigenvalue weighted by Gasteiger charge is -2.37. The third-order valence-electron chi connectivity index (χ3n) is 5.18. The summed E-state index contributed by atoms with van der Waals surface area (Å²) in [5.41, 5.74) is 4.97. The highest BCUT2D eigenvalue weighted by atomic mass is 32.1. The van der Waals surface area contributed by atoms with Gasteiger partial charge in [0.25, 0.3) is 0 Å². The average Bonchev–Trinajstić information content (AvgIpc) is 3.19. The van der Waals surface area contributed by atoms with E-state index in [0.29, 0.717) is 0 Å². The van der Waals surface area contributed by atoms with E-state index in [4.69, 9.17) is 16.6 Å². The molecule has 27 heavy (non-hydrogen) atoms. The van der Waals surface area contributed by atoms with Crippen LogP contribution in [-0.2, 0) is 0 Å². The zero-order valence-electron chi connectivity index (χ0n) is 15.8. The molecule has 0 spiro atoms. The van der Waals surface area contributed by atoms with Crippen LogP contribution in [0, 0.1) is 13.8 Å². The summed E-state index contributed by atoms with van der Waals surface area (Å²) in [4.78, 5) is 5.49. The molecule has 2 heterocycles. The van der Waals surface area contributed by atoms with Crippen molar-refractivity contribution in [1.29, 1.82) is 0 Å². The number of aryl methyl sites for hydroxylation is 2. The van der Waals surface area contributed by atoms with E-state index in [0.717, 1.165) is 48.3 Å². The maximum Gasteiger partial charge on any atom is 0.162 e. The topological polar surface area (TPSA) is 19.6 Å². The Hall–Kier alpha value is -2.59. The van der Waals surface area contributed by atoms with Gasteiger partial charge in [0.05, 0.1) is 0 Å². The van der Waals surface area contributed by atoms with Crippen molar-refractivity contribution in [2.45, 2.75) is 13.8 Å². The summed E-state index contributed by atoms with van der Waals surface area (Å²) in [6.07, 6.45) is 0. The van der Waals surface area contributed by atoms with Crippen molar-refractivity contribution in [1.82, 2.24) is 4.90 Å². The standard InChI is InChI=1S/C23H24N2OS/c1-17-7-9-19(10-8-17)21-11-12-22(26-21)23(27)25-15-13-24(14-16-25)20-6-4-3-5-18(20)2/h3-12H,13-16H2,1-2H3. The van der Waals surface area contributed by atoms with Crippen molar-refractivity contribution < 1.29 is 4.42 Å². The lowest BCUT2D eigenvalue weighted by atomic mass is 10.1. The van der Waals surface area contributed by atoms with Crippen LogP contribution in [0.3, 0.4) is 0 Å². The Morgan fingerprint density at radius 1 is 0.852 bits per heavy atom. The van der Waals surface area contributed by atoms with Crippen molar-refractivity contribution in [2.75, 3.05) is 31.1 Å². The van der Waals surface area contributed by atoms with Crippen LogP contribution >= 0.6 is 12.2 Å². The Morgan fingerprint density at radius 2 is 1.56 bits per heavy atom. The van der Waals surface area contributed by atoms with Crippen LogP contribution < -0.4 is 4.90 Å². The summed E-state index contributed by atoms with van der Waals surface area (Å²) in [6, 6.07) is 20.9. The molecule has 3 aromatic rings. The van der Waals surface area contributed by atoms with Crippen LogP contribution in [0.25, 0.3) is 11.3 Å². The minimum absolute atomic E-state index is 0.782. The summed E-state index contributed by atoms with van der Waals surface area (Å²) in [5, 5.41) is 0. The van der Waals surface area contributed by atoms with Gasteiger partial charge in [-0.15, -0.1) is 0 Å². The van der Waals surface area contributed by atoms with Gasteiger partial charge >= 0.3 is 0 Å². The van der Waals surface area contributed by atoms with E-state index in [1.54, 1.807) is 0 Å². The van der Waals surface area contributed by atoms with E-state index in [9.17, 15) is 0 Å². The number of anilines is 1. The minimum atomic E-state index is 0.782. The number of rotatable bonds is 3. The van der Waals surface area contributed by atoms with E-state index in [1.807, 2.05) is 12.1 Å². The summed E-state index contributed by atoms with van der Waals surface area (Å²) in [6.45, 7) is 8.01. The van der Waals surface area contributed by atoms with Crippen LogP contribution in [0.1, 0.15) is 16.9 Å². The first kappa shape index (κ1) is 17.8. The quantitative estimate of drug-likeness (QED) is 0.595. The average molecular weight is 377 g/mol. The number of benzene rings is 2. The molecule has 1 saturated heterocycles. The highest BCUT2D eigenvalue weighted by Crippen LogP contribution is 2.25. The van der Waals surface area contributed by atoms with Gasteiger partial charge in [-0.1, -0.05) is 60.2 Å². The number of thiocarbonyl (C=S) groups is 1. The number of hydrogen-bond donors (Lipinski definition) is 0. The zero-order chi connectivity index (χ0) is 18.8. The van der Waals surface area contributed by atoms with Crippen molar-refractivity contribution in [3.8, 4) is 11.3 Å². The fourth-order valence-corrected chi connectivity index (χ4v) is 3.84. The van der Waals surface area contributed by atoms with Crippen molar-refractivity contribution >= 4 is 22.9 Å². The van der Waals surface area contributed by atoms with Gasteiger partial charge in [-0.2, -0.15) is 0 Å². The number of hydrogen-bond acceptors (Lipinski definition) is 3. The number of piperazine rings is 1. The largest absolute Gasteiger partial charge is 0.454 e. The molecule has 1 aliphatic rings. The highest BCUT2D eigenvalue weighted by molar-refractivity contribution is 7.80. The SMILES string of the molecule is Cc1ccc(-c2ccc(C(=S)N3CCN(c4ccccc4C)CC3)o2)cc1. The molecule has 0 atom stereocenters. The number of nitrogens with zero attached hydrogens (tertiary/aromatic N) is 2. The molecule has 0 bridgehead atoms. The van der Waals surface area contributed by atoms with E-state index in [-0.39, 0.29) is 0 Å². The molecule has 2 aromatic carbocycles. The third-order valence-corrected chi connectivity index (χ3v) is 5.64. The van der Waals surface area contributed by atoms with Crippen LogP contribution in [0.2, 0.25) is 0 Å². The zero-order valence-corrected chi connectivity index (χ0v) is 16.6. The molecule has 1 aromatic heterocycles. The Bertz CT molecular complexity index is 937. The molecular formula is C23H24N2OS. The molecular weight excluding hydrogens is 352 g/mol. The van der Waals surface area contributed by atoms with Gasteiger partial charge in [0, 0.05) is 37.4 Å². The van der Waals surface area contributed by atoms with Gasteiger partial charge in [0.1, 0.15) is 10.7 Å². The molecule has 0 N–H and O–H groups in total. The normalized spacial score (nSPS) is 14.4. The molecule has 1 fully saturated rings. The first-order chi connectivity index (χ1) is 13.1. The smallest absolute Gasteiger partial charge is 0.162 e. The van der Waals surface area contributed by atoms with E-state index >= 15 is 0 Å². The molecule has 0 saturated carbocycles. The predicted molar refractivity (Wildman–Crippen MR) is 116 cm³/mol. The van der Waals surface area contributed by atoms with Crippen molar-refractivity contribution in [3.05, 3.63) is 77.6 Å². The van der Waals surface area contributed by atoms with Gasteiger partial charge < -0.3 is 14.2 Å². The molecule has 4 heteroatoms. The van der Waals surface area contributed by atoms with E-state index in [2.05, 4.69) is 72.2 Å². The highest BCUT2D eigenvalue weighted by Gasteiger charge is 2.22. The molecule has 1 aliphatic heterocycles. The first-order valence-corrected chi connectivity index (χ1v) is 9.79. The molecule has 138 valence electrons. The lowest BCUT2D eigenvalue weighted by molar-refractivity contribution is 0.385. The van der Waals surface area contributed by atoms with Gasteiger partial charge in [0.2, 0.25) is 0 Å². The maximum atomic E-state index is 6.06. The second kappa shape index (κ2) is 7.57. The summed E-state index contributed by atoms with van der Waals surface area (Å²) in [5.74, 6) is 1.65. The maximum absolute atomic E-state index is 6.06. The fourth-order valence-electron chi connectivity index (χ4n) is 3.55. The number of furan rings is 1. The summed E-state index contributed by atoms with van der Waals surface area (Å²) in [7, 11) is 0. The summed E-state index contributed by atoms with van der Waals surface area (Å²) < 4.78 is 6.06. The van der Waals surface area contributed by atoms with Gasteiger partial charge in [-0.3, -0.25) is 0 Å². The van der Waals surface area contributed by atoms with Gasteiger partial charge in [-0.05, 0) is 37.6 Å². The van der Waals surface area contributed by atoms with Gasteiger partial charge in [-0.25, -0.2) is 0 Å². The molecule has 0 amide bonds. The molecule has 0 aliphatic carbocycles. The van der Waals surface area contributed by atoms with Crippen molar-refractivity contribution in [3.63, 3.8) is 0 Å². The minimum Gasteiger partial charge on any atom is -0.454 e. The van der Waals surface area contributed by atoms with Crippen LogP contribution in [0.15, 0.2) is 65.1 Å². The Kier molecular flexibility index (Phi) is 4.99. The van der Waals surface area contributed by atoms with E-state index in [1.165, 1.54) is 16.8 Å². The predicted octanol–water partition coefficient (Wildman–Crippen LogP) is 5.06. The second-order valence-corrected chi connectivity index (χ2v) is 7.48. The third kappa shape index (κ3) is 3.76. The molecule has 0 unspecified atom stereocenters.